The van der Waals surface area contributed by atoms with Crippen molar-refractivity contribution in [1.29, 1.82) is 0 Å². The van der Waals surface area contributed by atoms with E-state index in [0.29, 0.717) is 41.8 Å². The predicted octanol–water partition coefficient (Wildman–Crippen LogP) is 5.81. The summed E-state index contributed by atoms with van der Waals surface area (Å²) in [7, 11) is 0. The number of tetrazole rings is 1. The molecule has 1 atom stereocenters. The van der Waals surface area contributed by atoms with Crippen molar-refractivity contribution in [2.75, 3.05) is 0 Å². The normalized spacial score (nSPS) is 12.4. The van der Waals surface area contributed by atoms with E-state index in [2.05, 4.69) is 38.4 Å². The number of fused-ring (bicyclic) bond motifs is 1. The van der Waals surface area contributed by atoms with Gasteiger partial charge in [-0.3, -0.25) is 9.69 Å². The molecule has 4 heterocycles. The third-order valence-corrected chi connectivity index (χ3v) is 7.48. The largest absolute Gasteiger partial charge is 0.468 e. The van der Waals surface area contributed by atoms with Crippen molar-refractivity contribution >= 4 is 22.5 Å². The number of rotatable bonds is 9. The van der Waals surface area contributed by atoms with Crippen LogP contribution in [-0.2, 0) is 19.6 Å². The molecule has 0 saturated carbocycles. The fourth-order valence-electron chi connectivity index (χ4n) is 4.95. The van der Waals surface area contributed by atoms with E-state index < -0.39 is 6.04 Å². The molecule has 2 aromatic carbocycles. The van der Waals surface area contributed by atoms with Gasteiger partial charge in [-0.25, -0.2) is 4.68 Å². The number of pyridine rings is 1. The first kappa shape index (κ1) is 25.8. The summed E-state index contributed by atoms with van der Waals surface area (Å²) in [5, 5.41) is 14.3. The van der Waals surface area contributed by atoms with E-state index in [4.69, 9.17) is 20.4 Å². The lowest BCUT2D eigenvalue weighted by atomic mass is 10.00. The average molecular weight is 555 g/mol. The Morgan fingerprint density at radius 2 is 1.70 bits per heavy atom. The van der Waals surface area contributed by atoms with Crippen LogP contribution in [0.5, 0.6) is 0 Å². The van der Waals surface area contributed by atoms with Crippen LogP contribution in [0.25, 0.3) is 10.9 Å². The van der Waals surface area contributed by atoms with Gasteiger partial charge in [0.15, 0.2) is 5.82 Å². The third-order valence-electron chi connectivity index (χ3n) is 7.11. The zero-order valence-electron chi connectivity index (χ0n) is 22.0. The van der Waals surface area contributed by atoms with E-state index in [0.717, 1.165) is 33.4 Å². The number of nitrogens with one attached hydrogen (secondary N) is 1. The number of halogens is 1. The Labute approximate surface area is 235 Å². The van der Waals surface area contributed by atoms with Gasteiger partial charge in [0, 0.05) is 22.6 Å². The van der Waals surface area contributed by atoms with Gasteiger partial charge < -0.3 is 13.8 Å². The van der Waals surface area contributed by atoms with Crippen molar-refractivity contribution in [1.82, 2.24) is 30.1 Å². The van der Waals surface area contributed by atoms with Gasteiger partial charge >= 0.3 is 0 Å². The van der Waals surface area contributed by atoms with Gasteiger partial charge in [-0.1, -0.05) is 29.8 Å². The molecule has 0 aliphatic heterocycles. The molecule has 0 saturated heterocycles. The third kappa shape index (κ3) is 5.21. The molecule has 0 unspecified atom stereocenters. The Hall–Kier alpha value is -4.47. The fraction of sp³-hybridized carbons (Fsp3) is 0.200. The van der Waals surface area contributed by atoms with E-state index in [-0.39, 0.29) is 5.56 Å². The van der Waals surface area contributed by atoms with Crippen LogP contribution in [0.3, 0.4) is 0 Å². The minimum absolute atomic E-state index is 0.225. The average Bonchev–Trinajstić information content (AvgIpc) is 3.72. The zero-order chi connectivity index (χ0) is 27.6. The van der Waals surface area contributed by atoms with Gasteiger partial charge in [0.1, 0.15) is 24.1 Å². The number of hydrogen-bond acceptors (Lipinski definition) is 7. The monoisotopic (exact) mass is 554 g/mol. The van der Waals surface area contributed by atoms with Crippen molar-refractivity contribution < 1.29 is 8.83 Å². The molecule has 0 radical (unpaired) electrons. The molecule has 0 aliphatic rings. The van der Waals surface area contributed by atoms with Gasteiger partial charge in [-0.05, 0) is 94.9 Å². The highest BCUT2D eigenvalue weighted by atomic mass is 35.5. The zero-order valence-corrected chi connectivity index (χ0v) is 22.8. The molecule has 0 bridgehead atoms. The van der Waals surface area contributed by atoms with E-state index in [9.17, 15) is 4.79 Å². The molecule has 40 heavy (non-hydrogen) atoms. The second-order valence-electron chi connectivity index (χ2n) is 9.83. The van der Waals surface area contributed by atoms with E-state index in [1.54, 1.807) is 17.2 Å². The minimum Gasteiger partial charge on any atom is -0.468 e. The Kier molecular flexibility index (Phi) is 7.06. The lowest BCUT2D eigenvalue weighted by Gasteiger charge is -2.30. The van der Waals surface area contributed by atoms with Crippen LogP contribution in [0.4, 0.5) is 0 Å². The highest BCUT2D eigenvalue weighted by Gasteiger charge is 2.32. The van der Waals surface area contributed by atoms with Gasteiger partial charge in [0.05, 0.1) is 19.1 Å². The quantitative estimate of drug-likeness (QED) is 0.240. The van der Waals surface area contributed by atoms with Crippen LogP contribution in [0.1, 0.15) is 45.6 Å². The van der Waals surface area contributed by atoms with Crippen molar-refractivity contribution in [2.24, 2.45) is 0 Å². The summed E-state index contributed by atoms with van der Waals surface area (Å²) in [5.41, 5.74) is 4.19. The van der Waals surface area contributed by atoms with Gasteiger partial charge in [-0.15, -0.1) is 5.10 Å². The lowest BCUT2D eigenvalue weighted by molar-refractivity contribution is 0.179. The molecular formula is C30H27ClN6O3. The highest BCUT2D eigenvalue weighted by molar-refractivity contribution is 6.31. The Morgan fingerprint density at radius 3 is 2.45 bits per heavy atom. The molecular weight excluding hydrogens is 528 g/mol. The number of H-pyrrole nitrogens is 1. The topological polar surface area (TPSA) is 106 Å². The minimum atomic E-state index is -0.652. The van der Waals surface area contributed by atoms with Crippen LogP contribution >= 0.6 is 11.6 Å². The molecule has 0 aliphatic carbocycles. The van der Waals surface area contributed by atoms with Crippen LogP contribution in [-0.4, -0.2) is 30.1 Å². The lowest BCUT2D eigenvalue weighted by Crippen LogP contribution is -2.35. The van der Waals surface area contributed by atoms with Gasteiger partial charge in [-0.2, -0.15) is 0 Å². The van der Waals surface area contributed by atoms with E-state index in [1.807, 2.05) is 67.6 Å². The number of aryl methyl sites for hydroxylation is 2. The molecule has 9 nitrogen and oxygen atoms in total. The summed E-state index contributed by atoms with van der Waals surface area (Å²) >= 11 is 6.62. The number of hydrogen-bond donors (Lipinski definition) is 1. The van der Waals surface area contributed by atoms with Crippen LogP contribution in [0, 0.1) is 13.8 Å². The highest BCUT2D eigenvalue weighted by Crippen LogP contribution is 2.32. The summed E-state index contributed by atoms with van der Waals surface area (Å²) in [5.74, 6) is 1.91. The number of nitrogens with zero attached hydrogens (tertiary/aromatic N) is 5. The molecule has 0 fully saturated rings. The SMILES string of the molecule is Cc1cc2cc([C@H](c3nnnn3Cc3ccco3)N(Cc3ccco3)Cc3ccccc3Cl)c(=O)[nH]c2cc1C. The van der Waals surface area contributed by atoms with Crippen LogP contribution < -0.4 is 5.56 Å². The maximum absolute atomic E-state index is 13.8. The van der Waals surface area contributed by atoms with Crippen LogP contribution in [0.2, 0.25) is 5.02 Å². The first-order valence-electron chi connectivity index (χ1n) is 12.9. The molecule has 10 heteroatoms. The first-order chi connectivity index (χ1) is 19.5. The fourth-order valence-corrected chi connectivity index (χ4v) is 5.15. The predicted molar refractivity (Wildman–Crippen MR) is 151 cm³/mol. The van der Waals surface area contributed by atoms with Crippen LogP contribution in [0.15, 0.2) is 92.9 Å². The first-order valence-corrected chi connectivity index (χ1v) is 13.3. The maximum Gasteiger partial charge on any atom is 0.253 e. The van der Waals surface area contributed by atoms with Crippen molar-refractivity contribution in [3.8, 4) is 0 Å². The van der Waals surface area contributed by atoms with E-state index >= 15 is 0 Å². The molecule has 6 aromatic rings. The Morgan fingerprint density at radius 1 is 0.950 bits per heavy atom. The van der Waals surface area contributed by atoms with Crippen molar-refractivity contribution in [3.05, 3.63) is 134 Å². The molecule has 202 valence electrons. The Bertz CT molecular complexity index is 1810. The number of furan rings is 2. The van der Waals surface area contributed by atoms with Gasteiger partial charge in [0.2, 0.25) is 0 Å². The molecule has 0 amide bonds. The molecule has 0 spiro atoms. The summed E-state index contributed by atoms with van der Waals surface area (Å²) < 4.78 is 13.0. The number of benzene rings is 2. The summed E-state index contributed by atoms with van der Waals surface area (Å²) in [4.78, 5) is 19.0. The maximum atomic E-state index is 13.8. The smallest absolute Gasteiger partial charge is 0.253 e. The summed E-state index contributed by atoms with van der Waals surface area (Å²) in [6.07, 6.45) is 3.24. The number of aromatic amines is 1. The van der Waals surface area contributed by atoms with Crippen molar-refractivity contribution in [2.45, 2.75) is 39.5 Å². The van der Waals surface area contributed by atoms with Crippen molar-refractivity contribution in [3.63, 3.8) is 0 Å². The standard InChI is InChI=1S/C30H27ClN6O3/c1-19-13-22-15-25(30(38)32-27(22)14-20(19)2)28(29-33-34-35-37(29)18-24-9-6-12-40-24)36(17-23-8-5-11-39-23)16-21-7-3-4-10-26(21)31/h3-15,28H,16-18H2,1-2H3,(H,32,38)/t28-/m1/s1. The Balaban J connectivity index is 1.55. The van der Waals surface area contributed by atoms with E-state index in [1.165, 1.54) is 0 Å². The summed E-state index contributed by atoms with van der Waals surface area (Å²) in [6.45, 7) is 5.17. The molecule has 6 rings (SSSR count). The van der Waals surface area contributed by atoms with Gasteiger partial charge in [0.25, 0.3) is 5.56 Å². The summed E-state index contributed by atoms with van der Waals surface area (Å²) in [6, 6.07) is 20.4. The molecule has 1 N–H and O–H groups in total. The second kappa shape index (κ2) is 11.0. The number of aromatic nitrogens is 5. The second-order valence-corrected chi connectivity index (χ2v) is 10.2. The molecule has 4 aromatic heterocycles.